The van der Waals surface area contributed by atoms with Crippen LogP contribution in [-0.4, -0.2) is 13.1 Å². The Morgan fingerprint density at radius 2 is 2.00 bits per heavy atom. The Kier molecular flexibility index (Phi) is 4.18. The maximum absolute atomic E-state index is 5.94. The molecule has 1 unspecified atom stereocenters. The molecule has 2 nitrogen and oxygen atoms in total. The molecule has 0 amide bonds. The topological polar surface area (TPSA) is 29.3 Å². The van der Waals surface area contributed by atoms with Gasteiger partial charge >= 0.3 is 0 Å². The Labute approximate surface area is 107 Å². The summed E-state index contributed by atoms with van der Waals surface area (Å²) < 4.78 is 0. The van der Waals surface area contributed by atoms with Gasteiger partial charge in [0, 0.05) is 18.8 Å². The second-order valence-electron chi connectivity index (χ2n) is 3.93. The van der Waals surface area contributed by atoms with E-state index >= 15 is 0 Å². The zero-order valence-corrected chi connectivity index (χ0v) is 10.9. The van der Waals surface area contributed by atoms with Crippen LogP contribution in [0.4, 0.5) is 5.69 Å². The first-order valence-electron chi connectivity index (χ1n) is 5.90. The third-order valence-electron chi connectivity index (χ3n) is 2.96. The molecule has 0 saturated carbocycles. The van der Waals surface area contributed by atoms with Gasteiger partial charge in [0.15, 0.2) is 0 Å². The van der Waals surface area contributed by atoms with Gasteiger partial charge in [-0.1, -0.05) is 18.2 Å². The molecule has 17 heavy (non-hydrogen) atoms. The molecule has 1 atom stereocenters. The van der Waals surface area contributed by atoms with E-state index in [-0.39, 0.29) is 6.04 Å². The summed E-state index contributed by atoms with van der Waals surface area (Å²) in [7, 11) is 0. The molecule has 2 aromatic rings. The smallest absolute Gasteiger partial charge is 0.0672 e. The highest BCUT2D eigenvalue weighted by atomic mass is 32.1. The molecule has 0 fully saturated rings. The molecule has 0 bridgehead atoms. The number of thiophene rings is 1. The van der Waals surface area contributed by atoms with Gasteiger partial charge in [0.1, 0.15) is 0 Å². The minimum atomic E-state index is 0.272. The molecule has 1 aromatic heterocycles. The van der Waals surface area contributed by atoms with Crippen molar-refractivity contribution in [1.82, 2.24) is 0 Å². The van der Waals surface area contributed by atoms with Crippen molar-refractivity contribution < 1.29 is 0 Å². The van der Waals surface area contributed by atoms with Gasteiger partial charge in [-0.15, -0.1) is 0 Å². The summed E-state index contributed by atoms with van der Waals surface area (Å²) in [6, 6.07) is 12.9. The molecular weight excluding hydrogens is 228 g/mol. The number of rotatable bonds is 5. The summed E-state index contributed by atoms with van der Waals surface area (Å²) in [5.41, 5.74) is 8.48. The highest BCUT2D eigenvalue weighted by molar-refractivity contribution is 7.08. The lowest BCUT2D eigenvalue weighted by Crippen LogP contribution is -2.33. The van der Waals surface area contributed by atoms with Crippen molar-refractivity contribution in [3.05, 3.63) is 52.7 Å². The molecule has 0 aliphatic heterocycles. The number of nitrogens with two attached hydrogens (primary N) is 1. The molecule has 2 N–H and O–H groups in total. The van der Waals surface area contributed by atoms with Crippen LogP contribution >= 0.6 is 11.3 Å². The fourth-order valence-corrected chi connectivity index (χ4v) is 2.82. The second-order valence-corrected chi connectivity index (χ2v) is 4.71. The maximum Gasteiger partial charge on any atom is 0.0672 e. The fourth-order valence-electron chi connectivity index (χ4n) is 2.11. The van der Waals surface area contributed by atoms with Crippen LogP contribution in [0.25, 0.3) is 0 Å². The summed E-state index contributed by atoms with van der Waals surface area (Å²) in [4.78, 5) is 2.35. The first-order valence-corrected chi connectivity index (χ1v) is 6.85. The minimum Gasteiger partial charge on any atom is -0.363 e. The average molecular weight is 246 g/mol. The van der Waals surface area contributed by atoms with E-state index in [1.165, 1.54) is 11.3 Å². The SMILES string of the molecule is CCN(c1ccccc1)C(CN)c1ccsc1. The summed E-state index contributed by atoms with van der Waals surface area (Å²) >= 11 is 1.72. The van der Waals surface area contributed by atoms with Crippen molar-refractivity contribution >= 4 is 17.0 Å². The number of hydrogen-bond donors (Lipinski definition) is 1. The number of nitrogens with zero attached hydrogens (tertiary/aromatic N) is 1. The fraction of sp³-hybridized carbons (Fsp3) is 0.286. The minimum absolute atomic E-state index is 0.272. The van der Waals surface area contributed by atoms with Gasteiger partial charge in [-0.05, 0) is 41.4 Å². The average Bonchev–Trinajstić information content (AvgIpc) is 2.90. The van der Waals surface area contributed by atoms with Crippen LogP contribution in [0, 0.1) is 0 Å². The van der Waals surface area contributed by atoms with Crippen molar-refractivity contribution in [2.24, 2.45) is 5.73 Å². The third kappa shape index (κ3) is 2.68. The Bertz CT molecular complexity index is 425. The van der Waals surface area contributed by atoms with E-state index < -0.39 is 0 Å². The Morgan fingerprint density at radius 1 is 1.24 bits per heavy atom. The number of benzene rings is 1. The van der Waals surface area contributed by atoms with E-state index in [0.29, 0.717) is 6.54 Å². The van der Waals surface area contributed by atoms with Crippen molar-refractivity contribution in [3.8, 4) is 0 Å². The van der Waals surface area contributed by atoms with Crippen LogP contribution in [0.2, 0.25) is 0 Å². The standard InChI is InChI=1S/C14H18N2S/c1-2-16(13-6-4-3-5-7-13)14(10-15)12-8-9-17-11-12/h3-9,11,14H,2,10,15H2,1H3. The maximum atomic E-state index is 5.94. The predicted molar refractivity (Wildman–Crippen MR) is 75.6 cm³/mol. The van der Waals surface area contributed by atoms with Gasteiger partial charge in [-0.2, -0.15) is 11.3 Å². The van der Waals surface area contributed by atoms with Crippen LogP contribution in [0.15, 0.2) is 47.2 Å². The third-order valence-corrected chi connectivity index (χ3v) is 3.66. The Balaban J connectivity index is 2.28. The molecule has 0 aliphatic carbocycles. The largest absolute Gasteiger partial charge is 0.363 e. The molecular formula is C14H18N2S. The molecule has 0 saturated heterocycles. The lowest BCUT2D eigenvalue weighted by Gasteiger charge is -2.31. The number of likely N-dealkylation sites (N-methyl/N-ethyl adjacent to an activating group) is 1. The number of hydrogen-bond acceptors (Lipinski definition) is 3. The second kappa shape index (κ2) is 5.84. The van der Waals surface area contributed by atoms with Crippen molar-refractivity contribution in [3.63, 3.8) is 0 Å². The molecule has 0 aliphatic rings. The Hall–Kier alpha value is -1.32. The molecule has 2 rings (SSSR count). The quantitative estimate of drug-likeness (QED) is 0.877. The highest BCUT2D eigenvalue weighted by Crippen LogP contribution is 2.27. The van der Waals surface area contributed by atoms with E-state index in [0.717, 1.165) is 6.54 Å². The molecule has 90 valence electrons. The van der Waals surface area contributed by atoms with Gasteiger partial charge in [0.05, 0.1) is 6.04 Å². The first-order chi connectivity index (χ1) is 8.36. The van der Waals surface area contributed by atoms with Crippen LogP contribution < -0.4 is 10.6 Å². The molecule has 0 spiro atoms. The highest BCUT2D eigenvalue weighted by Gasteiger charge is 2.18. The molecule has 3 heteroatoms. The lowest BCUT2D eigenvalue weighted by molar-refractivity contribution is 0.645. The number of para-hydroxylation sites is 1. The Morgan fingerprint density at radius 3 is 2.53 bits per heavy atom. The van der Waals surface area contributed by atoms with Gasteiger partial charge in [0.2, 0.25) is 0 Å². The van der Waals surface area contributed by atoms with Crippen LogP contribution in [0.3, 0.4) is 0 Å². The van der Waals surface area contributed by atoms with E-state index in [4.69, 9.17) is 5.73 Å². The van der Waals surface area contributed by atoms with E-state index in [9.17, 15) is 0 Å². The van der Waals surface area contributed by atoms with Crippen molar-refractivity contribution in [1.29, 1.82) is 0 Å². The van der Waals surface area contributed by atoms with E-state index in [1.807, 2.05) is 6.07 Å². The first kappa shape index (κ1) is 12.1. The van der Waals surface area contributed by atoms with Crippen molar-refractivity contribution in [2.45, 2.75) is 13.0 Å². The zero-order chi connectivity index (χ0) is 12.1. The monoisotopic (exact) mass is 246 g/mol. The van der Waals surface area contributed by atoms with Crippen molar-refractivity contribution in [2.75, 3.05) is 18.0 Å². The van der Waals surface area contributed by atoms with Gasteiger partial charge < -0.3 is 10.6 Å². The van der Waals surface area contributed by atoms with Gasteiger partial charge in [0.25, 0.3) is 0 Å². The predicted octanol–water partition coefficient (Wildman–Crippen LogP) is 3.27. The zero-order valence-electron chi connectivity index (χ0n) is 10.0. The molecule has 1 heterocycles. The summed E-state index contributed by atoms with van der Waals surface area (Å²) in [5, 5.41) is 4.29. The normalized spacial score (nSPS) is 12.4. The van der Waals surface area contributed by atoms with Crippen LogP contribution in [-0.2, 0) is 0 Å². The van der Waals surface area contributed by atoms with E-state index in [1.54, 1.807) is 11.3 Å². The molecule has 1 aromatic carbocycles. The summed E-state index contributed by atoms with van der Waals surface area (Å²) in [5.74, 6) is 0. The van der Waals surface area contributed by atoms with Gasteiger partial charge in [-0.25, -0.2) is 0 Å². The van der Waals surface area contributed by atoms with Crippen LogP contribution in [0.1, 0.15) is 18.5 Å². The molecule has 0 radical (unpaired) electrons. The van der Waals surface area contributed by atoms with Gasteiger partial charge in [-0.3, -0.25) is 0 Å². The van der Waals surface area contributed by atoms with E-state index in [2.05, 4.69) is 52.9 Å². The van der Waals surface area contributed by atoms with Crippen LogP contribution in [0.5, 0.6) is 0 Å². The lowest BCUT2D eigenvalue weighted by atomic mass is 10.1. The number of anilines is 1. The summed E-state index contributed by atoms with van der Waals surface area (Å²) in [6.45, 7) is 3.77. The summed E-state index contributed by atoms with van der Waals surface area (Å²) in [6.07, 6.45) is 0.